The fourth-order valence-electron chi connectivity index (χ4n) is 3.06. The molecule has 0 atom stereocenters. The second kappa shape index (κ2) is 7.27. The van der Waals surface area contributed by atoms with Gasteiger partial charge in [0, 0.05) is 25.5 Å². The molecule has 0 saturated heterocycles. The Hall–Kier alpha value is -2.36. The van der Waals surface area contributed by atoms with Gasteiger partial charge in [0.05, 0.1) is 11.1 Å². The number of rotatable bonds is 8. The fraction of sp³-hybridized carbons (Fsp3) is 0.368. The quantitative estimate of drug-likeness (QED) is 0.550. The third-order valence-corrected chi connectivity index (χ3v) is 4.34. The lowest BCUT2D eigenvalue weighted by Gasteiger charge is -2.13. The van der Waals surface area contributed by atoms with Gasteiger partial charge in [-0.3, -0.25) is 14.5 Å². The third kappa shape index (κ3) is 3.52. The average Bonchev–Trinajstić information content (AvgIpc) is 3.17. The first-order valence-electron chi connectivity index (χ1n) is 8.33. The highest BCUT2D eigenvalue weighted by atomic mass is 16.2. The molecule has 2 amide bonds. The first-order chi connectivity index (χ1) is 11.3. The maximum atomic E-state index is 12.2. The summed E-state index contributed by atoms with van der Waals surface area (Å²) < 4.78 is 2.19. The van der Waals surface area contributed by atoms with E-state index in [-0.39, 0.29) is 11.8 Å². The highest BCUT2D eigenvalue weighted by Crippen LogP contribution is 2.22. The van der Waals surface area contributed by atoms with E-state index in [1.807, 2.05) is 12.1 Å². The summed E-state index contributed by atoms with van der Waals surface area (Å²) in [4.78, 5) is 25.8. The van der Waals surface area contributed by atoms with Crippen molar-refractivity contribution in [2.24, 2.45) is 0 Å². The molecule has 1 aromatic carbocycles. The van der Waals surface area contributed by atoms with Crippen molar-refractivity contribution in [2.45, 2.75) is 38.6 Å². The summed E-state index contributed by atoms with van der Waals surface area (Å²) in [7, 11) is 0. The summed E-state index contributed by atoms with van der Waals surface area (Å²) in [5, 5.41) is 0. The number of fused-ring (bicyclic) bond motifs is 1. The first-order valence-corrected chi connectivity index (χ1v) is 8.33. The Balaban J connectivity index is 1.35. The minimum atomic E-state index is -0.141. The van der Waals surface area contributed by atoms with Gasteiger partial charge in [0.25, 0.3) is 11.8 Å². The number of amides is 2. The summed E-state index contributed by atoms with van der Waals surface area (Å²) in [6.45, 7) is 1.59. The number of benzene rings is 1. The Bertz CT molecular complexity index is 641. The zero-order valence-corrected chi connectivity index (χ0v) is 13.3. The maximum absolute atomic E-state index is 12.2. The van der Waals surface area contributed by atoms with E-state index >= 15 is 0 Å². The van der Waals surface area contributed by atoms with Crippen LogP contribution in [0.25, 0.3) is 0 Å². The third-order valence-electron chi connectivity index (χ3n) is 4.34. The van der Waals surface area contributed by atoms with Crippen LogP contribution in [-0.4, -0.2) is 27.8 Å². The van der Waals surface area contributed by atoms with E-state index in [0.29, 0.717) is 17.7 Å². The summed E-state index contributed by atoms with van der Waals surface area (Å²) in [6.07, 6.45) is 9.60. The van der Waals surface area contributed by atoms with Gasteiger partial charge in [-0.25, -0.2) is 0 Å². The van der Waals surface area contributed by atoms with Crippen molar-refractivity contribution in [3.63, 3.8) is 0 Å². The van der Waals surface area contributed by atoms with E-state index in [1.54, 1.807) is 24.3 Å². The van der Waals surface area contributed by atoms with Crippen LogP contribution in [0.4, 0.5) is 0 Å². The number of nitrogens with zero attached hydrogens (tertiary/aromatic N) is 2. The molecule has 0 N–H and O–H groups in total. The van der Waals surface area contributed by atoms with Crippen molar-refractivity contribution in [2.75, 3.05) is 6.54 Å². The lowest BCUT2D eigenvalue weighted by atomic mass is 10.1. The zero-order valence-electron chi connectivity index (χ0n) is 13.3. The van der Waals surface area contributed by atoms with Crippen molar-refractivity contribution in [3.05, 3.63) is 59.9 Å². The minimum absolute atomic E-state index is 0.141. The molecule has 0 fully saturated rings. The molecule has 0 spiro atoms. The molecular weight excluding hydrogens is 288 g/mol. The van der Waals surface area contributed by atoms with Gasteiger partial charge >= 0.3 is 0 Å². The Kier molecular flexibility index (Phi) is 4.91. The van der Waals surface area contributed by atoms with Crippen LogP contribution in [0.2, 0.25) is 0 Å². The van der Waals surface area contributed by atoms with Gasteiger partial charge < -0.3 is 4.57 Å². The van der Waals surface area contributed by atoms with Crippen LogP contribution >= 0.6 is 0 Å². The molecule has 0 unspecified atom stereocenters. The molecule has 1 aromatic heterocycles. The smallest absolute Gasteiger partial charge is 0.261 e. The normalized spacial score (nSPS) is 13.7. The number of hydrogen-bond acceptors (Lipinski definition) is 2. The fourth-order valence-corrected chi connectivity index (χ4v) is 3.06. The SMILES string of the molecule is O=C1c2ccccc2C(=O)N1CCCCCCCn1cccc1. The maximum Gasteiger partial charge on any atom is 0.261 e. The van der Waals surface area contributed by atoms with Crippen LogP contribution in [0.3, 0.4) is 0 Å². The van der Waals surface area contributed by atoms with Gasteiger partial charge in [-0.2, -0.15) is 0 Å². The summed E-state index contributed by atoms with van der Waals surface area (Å²) in [6, 6.07) is 11.2. The van der Waals surface area contributed by atoms with Crippen molar-refractivity contribution in [1.82, 2.24) is 9.47 Å². The van der Waals surface area contributed by atoms with Gasteiger partial charge in [0.2, 0.25) is 0 Å². The lowest BCUT2D eigenvalue weighted by molar-refractivity contribution is 0.0651. The van der Waals surface area contributed by atoms with Crippen molar-refractivity contribution >= 4 is 11.8 Å². The summed E-state index contributed by atoms with van der Waals surface area (Å²) in [5.74, 6) is -0.281. The van der Waals surface area contributed by atoms with Gasteiger partial charge in [-0.05, 0) is 37.1 Å². The van der Waals surface area contributed by atoms with E-state index in [2.05, 4.69) is 17.0 Å². The van der Waals surface area contributed by atoms with E-state index in [9.17, 15) is 9.59 Å². The largest absolute Gasteiger partial charge is 0.354 e. The molecule has 2 heterocycles. The second-order valence-electron chi connectivity index (χ2n) is 6.00. The number of aromatic nitrogens is 1. The molecule has 0 radical (unpaired) electrons. The van der Waals surface area contributed by atoms with Gasteiger partial charge in [-0.1, -0.05) is 31.4 Å². The van der Waals surface area contributed by atoms with E-state index in [0.717, 1.165) is 25.8 Å². The highest BCUT2D eigenvalue weighted by Gasteiger charge is 2.34. The molecule has 0 bridgehead atoms. The molecule has 0 aliphatic carbocycles. The summed E-state index contributed by atoms with van der Waals surface area (Å²) in [5.41, 5.74) is 1.09. The number of carbonyl (C=O) groups excluding carboxylic acids is 2. The molecule has 2 aromatic rings. The minimum Gasteiger partial charge on any atom is -0.354 e. The topological polar surface area (TPSA) is 42.3 Å². The predicted molar refractivity (Wildman–Crippen MR) is 89.3 cm³/mol. The van der Waals surface area contributed by atoms with Crippen molar-refractivity contribution in [3.8, 4) is 0 Å². The van der Waals surface area contributed by atoms with Crippen LogP contribution in [0.5, 0.6) is 0 Å². The van der Waals surface area contributed by atoms with E-state index in [1.165, 1.54) is 17.7 Å². The average molecular weight is 310 g/mol. The predicted octanol–water partition coefficient (Wildman–Crippen LogP) is 3.73. The van der Waals surface area contributed by atoms with Crippen molar-refractivity contribution < 1.29 is 9.59 Å². The number of aryl methyl sites for hydroxylation is 1. The molecule has 1 aliphatic rings. The number of carbonyl (C=O) groups is 2. The lowest BCUT2D eigenvalue weighted by Crippen LogP contribution is -2.30. The monoisotopic (exact) mass is 310 g/mol. The number of unbranched alkanes of at least 4 members (excludes halogenated alkanes) is 4. The van der Waals surface area contributed by atoms with Crippen LogP contribution in [0.1, 0.15) is 52.8 Å². The van der Waals surface area contributed by atoms with E-state index in [4.69, 9.17) is 0 Å². The highest BCUT2D eigenvalue weighted by molar-refractivity contribution is 6.21. The second-order valence-corrected chi connectivity index (χ2v) is 6.00. The molecule has 3 rings (SSSR count). The first kappa shape index (κ1) is 15.5. The zero-order chi connectivity index (χ0) is 16.1. The number of hydrogen-bond donors (Lipinski definition) is 0. The van der Waals surface area contributed by atoms with Gasteiger partial charge in [0.1, 0.15) is 0 Å². The Morgan fingerprint density at radius 1 is 0.652 bits per heavy atom. The van der Waals surface area contributed by atoms with Gasteiger partial charge in [-0.15, -0.1) is 0 Å². The van der Waals surface area contributed by atoms with Crippen LogP contribution in [0, 0.1) is 0 Å². The standard InChI is InChI=1S/C19H22N2O2/c22-18-16-10-4-5-11-17(16)19(23)21(18)15-7-3-1-2-6-12-20-13-8-9-14-20/h4-5,8-11,13-14H,1-3,6-7,12,15H2. The molecule has 4 nitrogen and oxygen atoms in total. The molecule has 0 saturated carbocycles. The molecule has 23 heavy (non-hydrogen) atoms. The molecular formula is C19H22N2O2. The number of imide groups is 1. The Morgan fingerprint density at radius 3 is 1.78 bits per heavy atom. The summed E-state index contributed by atoms with van der Waals surface area (Å²) >= 11 is 0. The Labute approximate surface area is 136 Å². The van der Waals surface area contributed by atoms with Crippen LogP contribution in [0.15, 0.2) is 48.8 Å². The Morgan fingerprint density at radius 2 is 1.17 bits per heavy atom. The molecule has 1 aliphatic heterocycles. The molecule has 4 heteroatoms. The van der Waals surface area contributed by atoms with Crippen LogP contribution < -0.4 is 0 Å². The van der Waals surface area contributed by atoms with Crippen LogP contribution in [-0.2, 0) is 6.54 Å². The van der Waals surface area contributed by atoms with Gasteiger partial charge in [0.15, 0.2) is 0 Å². The van der Waals surface area contributed by atoms with Crippen molar-refractivity contribution in [1.29, 1.82) is 0 Å². The van der Waals surface area contributed by atoms with E-state index < -0.39 is 0 Å². The molecule has 120 valence electrons.